The lowest BCUT2D eigenvalue weighted by Gasteiger charge is -2.27. The molecule has 0 unspecified atom stereocenters. The molecule has 1 fully saturated rings. The minimum Gasteiger partial charge on any atom is -0.491 e. The van der Waals surface area contributed by atoms with Gasteiger partial charge in [-0.25, -0.2) is 24.1 Å². The van der Waals surface area contributed by atoms with Gasteiger partial charge >= 0.3 is 6.09 Å². The van der Waals surface area contributed by atoms with Crippen LogP contribution in [0.2, 0.25) is 5.02 Å². The molecule has 32 heavy (non-hydrogen) atoms. The Morgan fingerprint density at radius 1 is 1.25 bits per heavy atom. The summed E-state index contributed by atoms with van der Waals surface area (Å²) in [5, 5.41) is 0.375. The summed E-state index contributed by atoms with van der Waals surface area (Å²) in [6.07, 6.45) is 2.95. The molecule has 0 atom stereocenters. The molecule has 1 amide bonds. The zero-order chi connectivity index (χ0) is 23.0. The second-order valence-corrected chi connectivity index (χ2v) is 9.18. The van der Waals surface area contributed by atoms with Crippen LogP contribution in [0, 0.1) is 11.7 Å². The third-order valence-corrected chi connectivity index (χ3v) is 5.16. The zero-order valence-corrected chi connectivity index (χ0v) is 18.8. The molecule has 0 bridgehead atoms. The van der Waals surface area contributed by atoms with E-state index in [1.807, 2.05) is 0 Å². The molecule has 9 heteroatoms. The fourth-order valence-electron chi connectivity index (χ4n) is 3.13. The van der Waals surface area contributed by atoms with Gasteiger partial charge in [-0.05, 0) is 63.8 Å². The maximum atomic E-state index is 13.8. The Labute approximate surface area is 190 Å². The molecule has 3 aromatic rings. The van der Waals surface area contributed by atoms with Gasteiger partial charge in [-0.1, -0.05) is 11.6 Å². The molecular formula is C23H24ClFN4O3. The van der Waals surface area contributed by atoms with E-state index in [9.17, 15) is 9.18 Å². The highest BCUT2D eigenvalue weighted by Crippen LogP contribution is 2.37. The van der Waals surface area contributed by atoms with Crippen molar-refractivity contribution in [2.45, 2.75) is 39.2 Å². The summed E-state index contributed by atoms with van der Waals surface area (Å²) in [5.74, 6) is 0.723. The molecule has 1 heterocycles. The lowest BCUT2D eigenvalue weighted by atomic mass is 10.1. The summed E-state index contributed by atoms with van der Waals surface area (Å²) < 4.78 is 25.2. The topological polar surface area (TPSA) is 90.6 Å². The van der Waals surface area contributed by atoms with Gasteiger partial charge in [0.05, 0.1) is 28.5 Å². The second-order valence-electron chi connectivity index (χ2n) is 8.77. The summed E-state index contributed by atoms with van der Waals surface area (Å²) in [6.45, 7) is 5.85. The molecule has 0 radical (unpaired) electrons. The molecule has 0 saturated heterocycles. The summed E-state index contributed by atoms with van der Waals surface area (Å²) in [4.78, 5) is 23.1. The van der Waals surface area contributed by atoms with Crippen molar-refractivity contribution in [1.82, 2.24) is 9.97 Å². The lowest BCUT2D eigenvalue weighted by Crippen LogP contribution is -2.34. The maximum absolute atomic E-state index is 13.8. The highest BCUT2D eigenvalue weighted by molar-refractivity contribution is 6.31. The van der Waals surface area contributed by atoms with Gasteiger partial charge in [0.15, 0.2) is 5.82 Å². The average molecular weight is 459 g/mol. The first-order valence-electron chi connectivity index (χ1n) is 10.3. The number of nitrogens with two attached hydrogens (primary N) is 1. The van der Waals surface area contributed by atoms with Gasteiger partial charge in [0.1, 0.15) is 23.5 Å². The number of carbonyl (C=O) groups is 1. The molecule has 168 valence electrons. The van der Waals surface area contributed by atoms with E-state index in [0.717, 1.165) is 12.8 Å². The standard InChI is InChI=1S/C23H24ClFN4O3/c1-23(2,3)32-22(30)29(14-6-7-17(25)16(24)8-14)21-15-9-18(26)20(31-11-13-4-5-13)10-19(15)27-12-28-21/h6-10,12-13H,4-5,11,26H2,1-3H3. The SMILES string of the molecule is CC(C)(C)OC(=O)N(c1ccc(F)c(Cl)c1)c1ncnc2cc(OCC3CC3)c(N)cc12. The quantitative estimate of drug-likeness (QED) is 0.481. The Morgan fingerprint density at radius 3 is 2.66 bits per heavy atom. The van der Waals surface area contributed by atoms with E-state index >= 15 is 0 Å². The first kappa shape index (κ1) is 22.1. The van der Waals surface area contributed by atoms with Crippen molar-refractivity contribution in [3.05, 3.63) is 47.5 Å². The molecule has 2 N–H and O–H groups in total. The number of amides is 1. The molecule has 0 spiro atoms. The van der Waals surface area contributed by atoms with Gasteiger partial charge in [0, 0.05) is 11.5 Å². The Bertz CT molecular complexity index is 1180. The van der Waals surface area contributed by atoms with E-state index in [-0.39, 0.29) is 10.8 Å². The third-order valence-electron chi connectivity index (χ3n) is 4.87. The highest BCUT2D eigenvalue weighted by atomic mass is 35.5. The highest BCUT2D eigenvalue weighted by Gasteiger charge is 2.28. The Hall–Kier alpha value is -3.13. The molecule has 1 aliphatic rings. The van der Waals surface area contributed by atoms with E-state index in [0.29, 0.717) is 40.6 Å². The van der Waals surface area contributed by atoms with Crippen LogP contribution in [0.15, 0.2) is 36.7 Å². The number of benzene rings is 2. The smallest absolute Gasteiger partial charge is 0.420 e. The van der Waals surface area contributed by atoms with E-state index in [1.165, 1.54) is 29.4 Å². The Balaban J connectivity index is 1.81. The van der Waals surface area contributed by atoms with Crippen LogP contribution in [0.1, 0.15) is 33.6 Å². The summed E-state index contributed by atoms with van der Waals surface area (Å²) >= 11 is 5.99. The summed E-state index contributed by atoms with van der Waals surface area (Å²) in [6, 6.07) is 7.33. The van der Waals surface area contributed by atoms with Crippen LogP contribution >= 0.6 is 11.6 Å². The Morgan fingerprint density at radius 2 is 2.00 bits per heavy atom. The van der Waals surface area contributed by atoms with Crippen LogP contribution in [0.5, 0.6) is 5.75 Å². The number of fused-ring (bicyclic) bond motifs is 1. The number of nitrogens with zero attached hydrogens (tertiary/aromatic N) is 3. The van der Waals surface area contributed by atoms with Crippen molar-refractivity contribution in [1.29, 1.82) is 0 Å². The molecule has 1 saturated carbocycles. The first-order chi connectivity index (χ1) is 15.1. The third kappa shape index (κ3) is 4.85. The molecular weight excluding hydrogens is 435 g/mol. The van der Waals surface area contributed by atoms with Crippen LogP contribution in [-0.4, -0.2) is 28.3 Å². The van der Waals surface area contributed by atoms with Crippen molar-refractivity contribution in [3.8, 4) is 5.75 Å². The van der Waals surface area contributed by atoms with Gasteiger partial charge < -0.3 is 15.2 Å². The van der Waals surface area contributed by atoms with Crippen molar-refractivity contribution in [3.63, 3.8) is 0 Å². The van der Waals surface area contributed by atoms with E-state index < -0.39 is 17.5 Å². The van der Waals surface area contributed by atoms with Crippen LogP contribution in [0.25, 0.3) is 10.9 Å². The predicted octanol–water partition coefficient (Wildman–Crippen LogP) is 5.87. The number of halogens is 2. The molecule has 1 aliphatic carbocycles. The number of anilines is 3. The van der Waals surface area contributed by atoms with Gasteiger partial charge in [0.2, 0.25) is 0 Å². The fraction of sp³-hybridized carbons (Fsp3) is 0.348. The number of aromatic nitrogens is 2. The van der Waals surface area contributed by atoms with E-state index in [4.69, 9.17) is 26.8 Å². The summed E-state index contributed by atoms with van der Waals surface area (Å²) in [5.41, 5.74) is 6.69. The molecule has 2 aromatic carbocycles. The first-order valence-corrected chi connectivity index (χ1v) is 10.7. The monoisotopic (exact) mass is 458 g/mol. The number of carbonyl (C=O) groups excluding carboxylic acids is 1. The van der Waals surface area contributed by atoms with E-state index in [2.05, 4.69) is 9.97 Å². The maximum Gasteiger partial charge on any atom is 0.420 e. The minimum absolute atomic E-state index is 0.135. The molecule has 4 rings (SSSR count). The lowest BCUT2D eigenvalue weighted by molar-refractivity contribution is 0.0598. The van der Waals surface area contributed by atoms with Crippen molar-refractivity contribution < 1.29 is 18.7 Å². The molecule has 0 aliphatic heterocycles. The van der Waals surface area contributed by atoms with Crippen LogP contribution < -0.4 is 15.4 Å². The van der Waals surface area contributed by atoms with Crippen LogP contribution in [0.4, 0.5) is 26.4 Å². The van der Waals surface area contributed by atoms with Gasteiger partial charge in [-0.2, -0.15) is 0 Å². The van der Waals surface area contributed by atoms with Gasteiger partial charge in [-0.15, -0.1) is 0 Å². The van der Waals surface area contributed by atoms with Crippen molar-refractivity contribution in [2.75, 3.05) is 17.2 Å². The summed E-state index contributed by atoms with van der Waals surface area (Å²) in [7, 11) is 0. The fourth-order valence-corrected chi connectivity index (χ4v) is 3.30. The number of hydrogen-bond donors (Lipinski definition) is 1. The molecule has 7 nitrogen and oxygen atoms in total. The number of rotatable bonds is 5. The Kier molecular flexibility index (Phi) is 5.81. The van der Waals surface area contributed by atoms with Crippen molar-refractivity contribution in [2.24, 2.45) is 5.92 Å². The van der Waals surface area contributed by atoms with Crippen LogP contribution in [-0.2, 0) is 4.74 Å². The van der Waals surface area contributed by atoms with E-state index in [1.54, 1.807) is 32.9 Å². The van der Waals surface area contributed by atoms with Crippen molar-refractivity contribution >= 4 is 45.8 Å². The number of ether oxygens (including phenoxy) is 2. The largest absolute Gasteiger partial charge is 0.491 e. The number of hydrogen-bond acceptors (Lipinski definition) is 6. The predicted molar refractivity (Wildman–Crippen MR) is 122 cm³/mol. The van der Waals surface area contributed by atoms with Crippen LogP contribution in [0.3, 0.4) is 0 Å². The second kappa shape index (κ2) is 8.43. The molecule has 1 aromatic heterocycles. The minimum atomic E-state index is -0.773. The van der Waals surface area contributed by atoms with Gasteiger partial charge in [0.25, 0.3) is 0 Å². The average Bonchev–Trinajstić information content (AvgIpc) is 3.53. The normalized spacial score (nSPS) is 13.8. The van der Waals surface area contributed by atoms with Gasteiger partial charge in [-0.3, -0.25) is 0 Å². The zero-order valence-electron chi connectivity index (χ0n) is 18.1. The number of nitrogen functional groups attached to an aromatic ring is 1.